The van der Waals surface area contributed by atoms with E-state index >= 15 is 0 Å². The molecule has 14 heavy (non-hydrogen) atoms. The molecule has 1 heterocycles. The normalized spacial score (nSPS) is 22.0. The second kappa shape index (κ2) is 4.41. The first-order valence-corrected chi connectivity index (χ1v) is 3.84. The summed E-state index contributed by atoms with van der Waals surface area (Å²) >= 11 is 0. The van der Waals surface area contributed by atoms with E-state index in [0.29, 0.717) is 6.42 Å². The van der Waals surface area contributed by atoms with Crippen molar-refractivity contribution < 1.29 is 22.6 Å². The Morgan fingerprint density at radius 2 is 2.29 bits per heavy atom. The van der Waals surface area contributed by atoms with Crippen LogP contribution in [0, 0.1) is 0 Å². The minimum absolute atomic E-state index is 0.291. The SMILES string of the molecule is COC1CC=NC(OCC(F)(F)F)=N1. The van der Waals surface area contributed by atoms with Crippen LogP contribution in [0.5, 0.6) is 0 Å². The Hall–Kier alpha value is -1.11. The Morgan fingerprint density at radius 1 is 1.57 bits per heavy atom. The van der Waals surface area contributed by atoms with Gasteiger partial charge >= 0.3 is 12.2 Å². The van der Waals surface area contributed by atoms with E-state index in [2.05, 4.69) is 14.7 Å². The van der Waals surface area contributed by atoms with Crippen LogP contribution in [0.1, 0.15) is 6.42 Å². The standard InChI is InChI=1S/C7H9F3N2O2/c1-13-5-2-3-11-6(12-5)14-4-7(8,9)10/h3,5H,2,4H2,1H3. The van der Waals surface area contributed by atoms with E-state index in [4.69, 9.17) is 4.74 Å². The van der Waals surface area contributed by atoms with E-state index in [-0.39, 0.29) is 6.02 Å². The van der Waals surface area contributed by atoms with Crippen LogP contribution in [0.15, 0.2) is 9.98 Å². The molecule has 1 unspecified atom stereocenters. The molecule has 0 aromatic carbocycles. The van der Waals surface area contributed by atoms with Gasteiger partial charge in [-0.2, -0.15) is 13.2 Å². The highest BCUT2D eigenvalue weighted by molar-refractivity contribution is 5.85. The van der Waals surface area contributed by atoms with Gasteiger partial charge < -0.3 is 9.47 Å². The fourth-order valence-electron chi connectivity index (χ4n) is 0.800. The lowest BCUT2D eigenvalue weighted by molar-refractivity contribution is -0.156. The average molecular weight is 210 g/mol. The topological polar surface area (TPSA) is 43.2 Å². The zero-order valence-corrected chi connectivity index (χ0v) is 7.41. The quantitative estimate of drug-likeness (QED) is 0.690. The van der Waals surface area contributed by atoms with Crippen molar-refractivity contribution in [2.75, 3.05) is 13.7 Å². The highest BCUT2D eigenvalue weighted by atomic mass is 19.4. The van der Waals surface area contributed by atoms with Gasteiger partial charge in [-0.05, 0) is 0 Å². The molecule has 0 radical (unpaired) electrons. The molecule has 0 aromatic rings. The van der Waals surface area contributed by atoms with Gasteiger partial charge in [-0.3, -0.25) is 0 Å². The van der Waals surface area contributed by atoms with Crippen LogP contribution in [-0.2, 0) is 9.47 Å². The summed E-state index contributed by atoms with van der Waals surface area (Å²) in [5.41, 5.74) is 0. The number of halogens is 3. The van der Waals surface area contributed by atoms with Crippen molar-refractivity contribution in [2.45, 2.75) is 18.8 Å². The van der Waals surface area contributed by atoms with E-state index < -0.39 is 19.0 Å². The van der Waals surface area contributed by atoms with E-state index in [1.807, 2.05) is 0 Å². The Labute approximate surface area is 78.4 Å². The zero-order valence-electron chi connectivity index (χ0n) is 7.41. The lowest BCUT2D eigenvalue weighted by Crippen LogP contribution is -2.23. The molecule has 1 atom stereocenters. The van der Waals surface area contributed by atoms with Crippen molar-refractivity contribution in [2.24, 2.45) is 9.98 Å². The highest BCUT2D eigenvalue weighted by Gasteiger charge is 2.29. The molecule has 0 amide bonds. The van der Waals surface area contributed by atoms with Crippen molar-refractivity contribution in [1.29, 1.82) is 0 Å². The lowest BCUT2D eigenvalue weighted by atomic mass is 10.4. The van der Waals surface area contributed by atoms with Gasteiger partial charge in [0, 0.05) is 19.7 Å². The average Bonchev–Trinajstić information content (AvgIpc) is 2.14. The van der Waals surface area contributed by atoms with Crippen LogP contribution in [0.25, 0.3) is 0 Å². The summed E-state index contributed by atoms with van der Waals surface area (Å²) < 4.78 is 44.3. The Kier molecular flexibility index (Phi) is 3.45. The van der Waals surface area contributed by atoms with Crippen LogP contribution < -0.4 is 0 Å². The summed E-state index contributed by atoms with van der Waals surface area (Å²) in [6.45, 7) is -1.39. The van der Waals surface area contributed by atoms with Crippen molar-refractivity contribution in [3.8, 4) is 0 Å². The third kappa shape index (κ3) is 3.73. The number of aliphatic imine (C=N–C) groups is 2. The monoisotopic (exact) mass is 210 g/mol. The highest BCUT2D eigenvalue weighted by Crippen LogP contribution is 2.15. The van der Waals surface area contributed by atoms with Gasteiger partial charge in [-0.25, -0.2) is 9.98 Å². The van der Waals surface area contributed by atoms with Crippen molar-refractivity contribution in [1.82, 2.24) is 0 Å². The zero-order chi connectivity index (χ0) is 10.6. The van der Waals surface area contributed by atoms with Gasteiger partial charge in [0.1, 0.15) is 0 Å². The summed E-state index contributed by atoms with van der Waals surface area (Å²) in [7, 11) is 1.41. The summed E-state index contributed by atoms with van der Waals surface area (Å²) in [5.74, 6) is 0. The van der Waals surface area contributed by atoms with Gasteiger partial charge in [0.05, 0.1) is 0 Å². The molecule has 0 bridgehead atoms. The first-order chi connectivity index (χ1) is 6.51. The molecule has 0 spiro atoms. The van der Waals surface area contributed by atoms with Gasteiger partial charge in [-0.15, -0.1) is 0 Å². The minimum atomic E-state index is -4.38. The molecule has 0 aromatic heterocycles. The fourth-order valence-corrected chi connectivity index (χ4v) is 0.800. The van der Waals surface area contributed by atoms with E-state index in [0.717, 1.165) is 0 Å². The third-order valence-corrected chi connectivity index (χ3v) is 1.40. The molecular weight excluding hydrogens is 201 g/mol. The first-order valence-electron chi connectivity index (χ1n) is 3.84. The molecule has 0 saturated heterocycles. The van der Waals surface area contributed by atoms with Crippen LogP contribution in [0.2, 0.25) is 0 Å². The number of hydrogen-bond acceptors (Lipinski definition) is 4. The minimum Gasteiger partial charge on any atom is -0.454 e. The van der Waals surface area contributed by atoms with E-state index in [9.17, 15) is 13.2 Å². The molecule has 7 heteroatoms. The van der Waals surface area contributed by atoms with Crippen LogP contribution in [-0.4, -0.2) is 38.4 Å². The Balaban J connectivity index is 2.44. The van der Waals surface area contributed by atoms with Gasteiger partial charge in [0.2, 0.25) is 0 Å². The largest absolute Gasteiger partial charge is 0.454 e. The summed E-state index contributed by atoms with van der Waals surface area (Å²) in [6.07, 6.45) is -3.03. The Bertz CT molecular complexity index is 250. The van der Waals surface area contributed by atoms with Crippen molar-refractivity contribution in [3.05, 3.63) is 0 Å². The summed E-state index contributed by atoms with van der Waals surface area (Å²) in [4.78, 5) is 7.23. The number of methoxy groups -OCH3 is 1. The van der Waals surface area contributed by atoms with Crippen LogP contribution in [0.4, 0.5) is 13.2 Å². The number of nitrogens with zero attached hydrogens (tertiary/aromatic N) is 2. The van der Waals surface area contributed by atoms with Crippen molar-refractivity contribution >= 4 is 12.2 Å². The number of ether oxygens (including phenoxy) is 2. The number of hydrogen-bond donors (Lipinski definition) is 0. The predicted octanol–water partition coefficient (Wildman–Crippen LogP) is 1.37. The van der Waals surface area contributed by atoms with E-state index in [1.165, 1.54) is 13.3 Å². The molecule has 1 rings (SSSR count). The molecule has 0 N–H and O–H groups in total. The predicted molar refractivity (Wildman–Crippen MR) is 43.3 cm³/mol. The second-order valence-electron chi connectivity index (χ2n) is 2.55. The Morgan fingerprint density at radius 3 is 2.86 bits per heavy atom. The third-order valence-electron chi connectivity index (χ3n) is 1.40. The summed E-state index contributed by atoms with van der Waals surface area (Å²) in [6, 6.07) is -0.291. The van der Waals surface area contributed by atoms with Crippen molar-refractivity contribution in [3.63, 3.8) is 0 Å². The molecular formula is C7H9F3N2O2. The van der Waals surface area contributed by atoms with Gasteiger partial charge in [-0.1, -0.05) is 0 Å². The molecule has 1 aliphatic heterocycles. The number of amidine groups is 1. The van der Waals surface area contributed by atoms with Crippen LogP contribution in [0.3, 0.4) is 0 Å². The number of rotatable bonds is 2. The maximum Gasteiger partial charge on any atom is 0.422 e. The first kappa shape index (κ1) is 11.0. The molecule has 0 saturated carbocycles. The smallest absolute Gasteiger partial charge is 0.422 e. The maximum atomic E-state index is 11.7. The van der Waals surface area contributed by atoms with Gasteiger partial charge in [0.15, 0.2) is 12.8 Å². The molecule has 4 nitrogen and oxygen atoms in total. The van der Waals surface area contributed by atoms with E-state index in [1.54, 1.807) is 0 Å². The maximum absolute atomic E-state index is 11.7. The molecule has 0 aliphatic carbocycles. The lowest BCUT2D eigenvalue weighted by Gasteiger charge is -2.14. The summed E-state index contributed by atoms with van der Waals surface area (Å²) in [5, 5.41) is 0. The second-order valence-corrected chi connectivity index (χ2v) is 2.55. The molecule has 1 aliphatic rings. The van der Waals surface area contributed by atoms with Crippen LogP contribution >= 0.6 is 0 Å². The van der Waals surface area contributed by atoms with Gasteiger partial charge in [0.25, 0.3) is 0 Å². The molecule has 0 fully saturated rings. The fraction of sp³-hybridized carbons (Fsp3) is 0.714. The molecule has 80 valence electrons. The number of alkyl halides is 3.